The van der Waals surface area contributed by atoms with E-state index in [1.54, 1.807) is 30.3 Å². The number of carbonyl (C=O) groups is 2. The van der Waals surface area contributed by atoms with Crippen LogP contribution in [-0.2, 0) is 20.9 Å². The molecular weight excluding hydrogens is 404 g/mol. The summed E-state index contributed by atoms with van der Waals surface area (Å²) in [6.07, 6.45) is 1.67. The molecule has 3 aromatic rings. The van der Waals surface area contributed by atoms with Gasteiger partial charge in [-0.1, -0.05) is 36.4 Å². The van der Waals surface area contributed by atoms with Crippen LogP contribution >= 0.6 is 0 Å². The molecule has 0 aromatic heterocycles. The fourth-order valence-corrected chi connectivity index (χ4v) is 3.18. The third-order valence-corrected chi connectivity index (χ3v) is 4.91. The molecule has 1 aliphatic rings. The van der Waals surface area contributed by atoms with Gasteiger partial charge in [0.2, 0.25) is 11.8 Å². The zero-order valence-corrected chi connectivity index (χ0v) is 17.8. The van der Waals surface area contributed by atoms with Crippen LogP contribution in [0.5, 0.6) is 5.75 Å². The van der Waals surface area contributed by atoms with Crippen LogP contribution in [0.4, 0.5) is 5.69 Å². The van der Waals surface area contributed by atoms with Gasteiger partial charge in [0.1, 0.15) is 12.4 Å². The Hall–Kier alpha value is -4.19. The van der Waals surface area contributed by atoms with Gasteiger partial charge in [-0.05, 0) is 66.1 Å². The molecule has 0 saturated heterocycles. The van der Waals surface area contributed by atoms with Crippen LogP contribution in [0, 0.1) is 6.92 Å². The second-order valence-corrected chi connectivity index (χ2v) is 7.38. The summed E-state index contributed by atoms with van der Waals surface area (Å²) in [6.45, 7) is 3.99. The largest absolute Gasteiger partial charge is 0.489 e. The fraction of sp³-hybridized carbons (Fsp3) is 0.115. The zero-order chi connectivity index (χ0) is 22.5. The number of aliphatic imine (C=N–C) groups is 1. The van der Waals surface area contributed by atoms with Crippen molar-refractivity contribution in [3.05, 3.63) is 101 Å². The average Bonchev–Trinajstić information content (AvgIpc) is 3.14. The van der Waals surface area contributed by atoms with Gasteiger partial charge in [0.15, 0.2) is 5.70 Å². The number of esters is 1. The number of hydrogen-bond acceptors (Lipinski definition) is 5. The standard InChI is InChI=1S/C26H22N2O4/c1-17-5-3-4-6-21(17)16-31-23-13-7-19(8-14-23)15-24-26(30)32-25(28-24)20-9-11-22(12-10-20)27-18(2)29/h3-15H,16H2,1-2H3,(H,27,29)/b24-15-. The van der Waals surface area contributed by atoms with Gasteiger partial charge in [-0.15, -0.1) is 0 Å². The minimum atomic E-state index is -0.509. The molecule has 0 aliphatic carbocycles. The molecule has 0 saturated carbocycles. The summed E-state index contributed by atoms with van der Waals surface area (Å²) in [5, 5.41) is 2.69. The van der Waals surface area contributed by atoms with Crippen LogP contribution in [0.3, 0.4) is 0 Å². The number of anilines is 1. The summed E-state index contributed by atoms with van der Waals surface area (Å²) >= 11 is 0. The van der Waals surface area contributed by atoms with Gasteiger partial charge >= 0.3 is 5.97 Å². The normalized spacial score (nSPS) is 14.1. The highest BCUT2D eigenvalue weighted by molar-refractivity contribution is 6.13. The maximum absolute atomic E-state index is 12.2. The summed E-state index contributed by atoms with van der Waals surface area (Å²) in [6, 6.07) is 22.5. The summed E-state index contributed by atoms with van der Waals surface area (Å²) in [5.41, 5.74) is 4.67. The molecule has 1 heterocycles. The molecule has 1 amide bonds. The molecule has 0 unspecified atom stereocenters. The molecule has 0 bridgehead atoms. The van der Waals surface area contributed by atoms with Crippen LogP contribution in [0.1, 0.15) is 29.2 Å². The van der Waals surface area contributed by atoms with E-state index < -0.39 is 5.97 Å². The van der Waals surface area contributed by atoms with E-state index in [2.05, 4.69) is 23.3 Å². The summed E-state index contributed by atoms with van der Waals surface area (Å²) < 4.78 is 11.2. The highest BCUT2D eigenvalue weighted by Gasteiger charge is 2.24. The number of ether oxygens (including phenoxy) is 2. The van der Waals surface area contributed by atoms with Crippen LogP contribution in [0.25, 0.3) is 6.08 Å². The maximum atomic E-state index is 12.2. The second-order valence-electron chi connectivity index (χ2n) is 7.38. The van der Waals surface area contributed by atoms with Crippen LogP contribution in [-0.4, -0.2) is 17.8 Å². The molecule has 160 valence electrons. The monoisotopic (exact) mass is 426 g/mol. The van der Waals surface area contributed by atoms with Gasteiger partial charge in [-0.25, -0.2) is 9.79 Å². The lowest BCUT2D eigenvalue weighted by atomic mass is 10.1. The second kappa shape index (κ2) is 9.31. The fourth-order valence-electron chi connectivity index (χ4n) is 3.18. The number of benzene rings is 3. The topological polar surface area (TPSA) is 77.0 Å². The number of cyclic esters (lactones) is 1. The molecule has 0 atom stereocenters. The number of rotatable bonds is 6. The third-order valence-electron chi connectivity index (χ3n) is 4.91. The number of nitrogens with zero attached hydrogens (tertiary/aromatic N) is 1. The highest BCUT2D eigenvalue weighted by Crippen LogP contribution is 2.22. The first kappa shape index (κ1) is 21.1. The molecule has 0 spiro atoms. The van der Waals surface area contributed by atoms with Crippen molar-refractivity contribution in [1.29, 1.82) is 0 Å². The van der Waals surface area contributed by atoms with Crippen LogP contribution in [0.2, 0.25) is 0 Å². The number of hydrogen-bond donors (Lipinski definition) is 1. The average molecular weight is 426 g/mol. The van der Waals surface area contributed by atoms with Crippen molar-refractivity contribution in [3.8, 4) is 5.75 Å². The lowest BCUT2D eigenvalue weighted by molar-refractivity contribution is -0.129. The van der Waals surface area contributed by atoms with Crippen molar-refractivity contribution in [3.63, 3.8) is 0 Å². The highest BCUT2D eigenvalue weighted by atomic mass is 16.6. The molecule has 32 heavy (non-hydrogen) atoms. The lowest BCUT2D eigenvalue weighted by Crippen LogP contribution is -2.07. The van der Waals surface area contributed by atoms with Crippen LogP contribution in [0.15, 0.2) is 83.5 Å². The van der Waals surface area contributed by atoms with Gasteiger partial charge in [0, 0.05) is 18.2 Å². The van der Waals surface area contributed by atoms with E-state index in [1.165, 1.54) is 12.5 Å². The van der Waals surface area contributed by atoms with E-state index in [1.807, 2.05) is 42.5 Å². The quantitative estimate of drug-likeness (QED) is 0.450. The summed E-state index contributed by atoms with van der Waals surface area (Å²) in [4.78, 5) is 27.7. The zero-order valence-electron chi connectivity index (χ0n) is 17.8. The molecule has 0 radical (unpaired) electrons. The maximum Gasteiger partial charge on any atom is 0.363 e. The van der Waals surface area contributed by atoms with Crippen molar-refractivity contribution in [2.24, 2.45) is 4.99 Å². The Bertz CT molecular complexity index is 1210. The van der Waals surface area contributed by atoms with E-state index >= 15 is 0 Å². The molecule has 1 aliphatic heterocycles. The molecular formula is C26H22N2O4. The van der Waals surface area contributed by atoms with Gasteiger partial charge < -0.3 is 14.8 Å². The summed E-state index contributed by atoms with van der Waals surface area (Å²) in [5.74, 6) is 0.312. The van der Waals surface area contributed by atoms with Crippen molar-refractivity contribution in [2.45, 2.75) is 20.5 Å². The Morgan fingerprint density at radius 3 is 2.44 bits per heavy atom. The Morgan fingerprint density at radius 2 is 1.75 bits per heavy atom. The van der Waals surface area contributed by atoms with E-state index in [0.717, 1.165) is 16.9 Å². The molecule has 0 fully saturated rings. The van der Waals surface area contributed by atoms with Crippen molar-refractivity contribution in [1.82, 2.24) is 0 Å². The first-order valence-electron chi connectivity index (χ1n) is 10.2. The van der Waals surface area contributed by atoms with Gasteiger partial charge in [-0.3, -0.25) is 4.79 Å². The Morgan fingerprint density at radius 1 is 1.03 bits per heavy atom. The number of carbonyl (C=O) groups excluding carboxylic acids is 2. The SMILES string of the molecule is CC(=O)Nc1ccc(C2=N/C(=C\c3ccc(OCc4ccccc4C)cc3)C(=O)O2)cc1. The molecule has 1 N–H and O–H groups in total. The first-order valence-corrected chi connectivity index (χ1v) is 10.2. The summed E-state index contributed by atoms with van der Waals surface area (Å²) in [7, 11) is 0. The predicted octanol–water partition coefficient (Wildman–Crippen LogP) is 4.88. The number of aryl methyl sites for hydroxylation is 1. The third kappa shape index (κ3) is 5.10. The van der Waals surface area contributed by atoms with E-state index in [-0.39, 0.29) is 17.5 Å². The number of amides is 1. The van der Waals surface area contributed by atoms with E-state index in [0.29, 0.717) is 17.9 Å². The van der Waals surface area contributed by atoms with E-state index in [4.69, 9.17) is 9.47 Å². The molecule has 6 heteroatoms. The Balaban J connectivity index is 1.44. The predicted molar refractivity (Wildman–Crippen MR) is 123 cm³/mol. The number of nitrogens with one attached hydrogen (secondary N) is 1. The van der Waals surface area contributed by atoms with Crippen molar-refractivity contribution >= 4 is 29.5 Å². The molecule has 3 aromatic carbocycles. The van der Waals surface area contributed by atoms with Crippen molar-refractivity contribution < 1.29 is 19.1 Å². The molecule has 6 nitrogen and oxygen atoms in total. The minimum Gasteiger partial charge on any atom is -0.489 e. The van der Waals surface area contributed by atoms with Crippen molar-refractivity contribution in [2.75, 3.05) is 5.32 Å². The van der Waals surface area contributed by atoms with Gasteiger partial charge in [0.05, 0.1) is 0 Å². The van der Waals surface area contributed by atoms with Gasteiger partial charge in [-0.2, -0.15) is 0 Å². The first-order chi connectivity index (χ1) is 15.5. The van der Waals surface area contributed by atoms with E-state index in [9.17, 15) is 9.59 Å². The minimum absolute atomic E-state index is 0.154. The Kier molecular flexibility index (Phi) is 6.12. The Labute approximate surface area is 186 Å². The smallest absolute Gasteiger partial charge is 0.363 e. The lowest BCUT2D eigenvalue weighted by Gasteiger charge is -2.08. The molecule has 4 rings (SSSR count). The van der Waals surface area contributed by atoms with Crippen LogP contribution < -0.4 is 10.1 Å². The van der Waals surface area contributed by atoms with Gasteiger partial charge in [0.25, 0.3) is 0 Å².